The number of carbonyl (C=O) groups is 4. The van der Waals surface area contributed by atoms with Gasteiger partial charge in [-0.25, -0.2) is 4.79 Å². The van der Waals surface area contributed by atoms with Crippen LogP contribution < -0.4 is 15.4 Å². The van der Waals surface area contributed by atoms with Gasteiger partial charge < -0.3 is 24.6 Å². The molecule has 32 heavy (non-hydrogen) atoms. The highest BCUT2D eigenvalue weighted by molar-refractivity contribution is 6.05. The summed E-state index contributed by atoms with van der Waals surface area (Å²) >= 11 is 0. The Hall–Kier alpha value is -3.14. The molecule has 1 aromatic rings. The average molecular weight is 444 g/mol. The van der Waals surface area contributed by atoms with Gasteiger partial charge in [0.1, 0.15) is 17.9 Å². The van der Waals surface area contributed by atoms with Crippen molar-refractivity contribution >= 4 is 23.8 Å². The van der Waals surface area contributed by atoms with Gasteiger partial charge in [0.2, 0.25) is 11.8 Å². The van der Waals surface area contributed by atoms with Crippen LogP contribution in [0.4, 0.5) is 4.79 Å². The molecule has 3 atom stereocenters. The fourth-order valence-corrected chi connectivity index (χ4v) is 4.59. The van der Waals surface area contributed by atoms with E-state index in [-0.39, 0.29) is 43.0 Å². The molecule has 2 saturated heterocycles. The highest BCUT2D eigenvalue weighted by atomic mass is 16.5. The van der Waals surface area contributed by atoms with Gasteiger partial charge in [-0.15, -0.1) is 0 Å². The Balaban J connectivity index is 1.46. The number of piperidine rings is 2. The third kappa shape index (κ3) is 4.40. The number of benzene rings is 1. The summed E-state index contributed by atoms with van der Waals surface area (Å²) < 4.78 is 11.9. The van der Waals surface area contributed by atoms with Gasteiger partial charge in [-0.05, 0) is 37.1 Å². The number of hydrogen-bond acceptors (Lipinski definition) is 6. The Kier molecular flexibility index (Phi) is 6.31. The van der Waals surface area contributed by atoms with Crippen molar-refractivity contribution in [3.8, 4) is 5.75 Å². The van der Waals surface area contributed by atoms with Crippen LogP contribution in [0.15, 0.2) is 18.2 Å². The molecule has 0 saturated carbocycles. The van der Waals surface area contributed by atoms with Crippen LogP contribution in [-0.2, 0) is 20.9 Å². The number of fused-ring (bicyclic) bond motifs is 1. The largest absolute Gasteiger partial charge is 0.488 e. The summed E-state index contributed by atoms with van der Waals surface area (Å²) in [5.74, 6) is -0.367. The summed E-state index contributed by atoms with van der Waals surface area (Å²) in [6, 6.07) is 4.43. The third-order valence-corrected chi connectivity index (χ3v) is 6.08. The normalized spacial score (nSPS) is 25.4. The molecule has 2 N–H and O–H groups in total. The lowest BCUT2D eigenvalue weighted by Gasteiger charge is -2.37. The summed E-state index contributed by atoms with van der Waals surface area (Å²) in [4.78, 5) is 51.8. The molecule has 1 unspecified atom stereocenters. The highest BCUT2D eigenvalue weighted by Gasteiger charge is 2.39. The molecule has 10 heteroatoms. The van der Waals surface area contributed by atoms with E-state index in [9.17, 15) is 19.2 Å². The monoisotopic (exact) mass is 444 g/mol. The number of hydrogen-bond donors (Lipinski definition) is 2. The van der Waals surface area contributed by atoms with Gasteiger partial charge >= 0.3 is 6.03 Å². The van der Waals surface area contributed by atoms with Crippen molar-refractivity contribution in [2.45, 2.75) is 51.0 Å². The Morgan fingerprint density at radius 1 is 1.22 bits per heavy atom. The minimum Gasteiger partial charge on any atom is -0.488 e. The summed E-state index contributed by atoms with van der Waals surface area (Å²) in [7, 11) is 1.59. The number of rotatable bonds is 5. The van der Waals surface area contributed by atoms with Gasteiger partial charge in [0.25, 0.3) is 5.91 Å². The zero-order valence-corrected chi connectivity index (χ0v) is 18.3. The molecule has 0 radical (unpaired) electrons. The molecule has 0 spiro atoms. The van der Waals surface area contributed by atoms with E-state index < -0.39 is 11.9 Å². The van der Waals surface area contributed by atoms with Gasteiger partial charge in [0, 0.05) is 45.1 Å². The topological polar surface area (TPSA) is 117 Å². The standard InChI is InChI=1S/C22H28N4O6/c1-3-31-15-9-16(12-25(11-15)22(30)23-2)32-14-4-5-17-13(8-14)10-26(21(17)29)18-6-7-19(27)24-20(18)28/h4-5,8,15-16,18H,3,6-7,9-12H2,1-2H3,(H,23,30)(H,24,27,28)/t15-,16-,18?/m1/s1. The van der Waals surface area contributed by atoms with Gasteiger partial charge in [-0.3, -0.25) is 19.7 Å². The van der Waals surface area contributed by atoms with Crippen LogP contribution in [0, 0.1) is 0 Å². The minimum atomic E-state index is -0.650. The molecule has 172 valence electrons. The molecule has 1 aromatic carbocycles. The molecular weight excluding hydrogens is 416 g/mol. The lowest BCUT2D eigenvalue weighted by atomic mass is 10.0. The molecule has 0 aromatic heterocycles. The lowest BCUT2D eigenvalue weighted by Crippen LogP contribution is -2.53. The molecule has 0 bridgehead atoms. The van der Waals surface area contributed by atoms with E-state index in [4.69, 9.17) is 9.47 Å². The van der Waals surface area contributed by atoms with E-state index in [1.165, 1.54) is 4.90 Å². The summed E-state index contributed by atoms with van der Waals surface area (Å²) in [5, 5.41) is 4.95. The number of carbonyl (C=O) groups excluding carboxylic acids is 4. The zero-order valence-electron chi connectivity index (χ0n) is 18.3. The first-order valence-electron chi connectivity index (χ1n) is 10.9. The molecule has 4 rings (SSSR count). The van der Waals surface area contributed by atoms with Crippen molar-refractivity contribution in [1.82, 2.24) is 20.4 Å². The van der Waals surface area contributed by atoms with E-state index in [0.29, 0.717) is 43.9 Å². The van der Waals surface area contributed by atoms with E-state index >= 15 is 0 Å². The molecule has 0 aliphatic carbocycles. The van der Waals surface area contributed by atoms with Crippen molar-refractivity contribution in [1.29, 1.82) is 0 Å². The average Bonchev–Trinajstić information content (AvgIpc) is 3.08. The predicted octanol–water partition coefficient (Wildman–Crippen LogP) is 0.645. The molecule has 10 nitrogen and oxygen atoms in total. The fraction of sp³-hybridized carbons (Fsp3) is 0.545. The van der Waals surface area contributed by atoms with Gasteiger partial charge in [-0.1, -0.05) is 0 Å². The number of urea groups is 1. The Labute approximate surface area is 186 Å². The van der Waals surface area contributed by atoms with E-state index in [2.05, 4.69) is 10.6 Å². The van der Waals surface area contributed by atoms with E-state index in [1.54, 1.807) is 24.1 Å². The molecular formula is C22H28N4O6. The SMILES string of the molecule is CCO[C@@H]1C[C@@H](Oc2ccc3c(c2)CN(C2CCC(=O)NC2=O)C3=O)CN(C(=O)NC)C1. The van der Waals surface area contributed by atoms with Crippen molar-refractivity contribution in [3.63, 3.8) is 0 Å². The van der Waals surface area contributed by atoms with Gasteiger partial charge in [-0.2, -0.15) is 0 Å². The van der Waals surface area contributed by atoms with E-state index in [0.717, 1.165) is 5.56 Å². The lowest BCUT2D eigenvalue weighted by molar-refractivity contribution is -0.136. The van der Waals surface area contributed by atoms with Crippen LogP contribution in [0.5, 0.6) is 5.75 Å². The Bertz CT molecular complexity index is 935. The third-order valence-electron chi connectivity index (χ3n) is 6.08. The Morgan fingerprint density at radius 3 is 2.72 bits per heavy atom. The molecule has 2 fully saturated rings. The number of nitrogens with one attached hydrogen (secondary N) is 2. The first kappa shape index (κ1) is 22.1. The van der Waals surface area contributed by atoms with Crippen LogP contribution in [0.1, 0.15) is 42.1 Å². The van der Waals surface area contributed by atoms with Gasteiger partial charge in [0.15, 0.2) is 0 Å². The smallest absolute Gasteiger partial charge is 0.317 e. The number of ether oxygens (including phenoxy) is 2. The zero-order chi connectivity index (χ0) is 22.8. The maximum absolute atomic E-state index is 12.8. The van der Waals surface area contributed by atoms with Crippen LogP contribution >= 0.6 is 0 Å². The summed E-state index contributed by atoms with van der Waals surface area (Å²) in [5.41, 5.74) is 1.31. The van der Waals surface area contributed by atoms with Crippen molar-refractivity contribution < 1.29 is 28.7 Å². The van der Waals surface area contributed by atoms with Crippen LogP contribution in [0.25, 0.3) is 0 Å². The number of likely N-dealkylation sites (tertiary alicyclic amines) is 1. The van der Waals surface area contributed by atoms with Crippen molar-refractivity contribution in [3.05, 3.63) is 29.3 Å². The second-order valence-electron chi connectivity index (χ2n) is 8.23. The van der Waals surface area contributed by atoms with Crippen LogP contribution in [0.2, 0.25) is 0 Å². The number of imide groups is 1. The Morgan fingerprint density at radius 2 is 2.00 bits per heavy atom. The number of amides is 5. The predicted molar refractivity (Wildman–Crippen MR) is 113 cm³/mol. The van der Waals surface area contributed by atoms with Crippen LogP contribution in [0.3, 0.4) is 0 Å². The molecule has 3 heterocycles. The summed E-state index contributed by atoms with van der Waals surface area (Å²) in [6.45, 7) is 3.69. The van der Waals surface area contributed by atoms with Crippen molar-refractivity contribution in [2.75, 3.05) is 26.7 Å². The summed E-state index contributed by atoms with van der Waals surface area (Å²) in [6.07, 6.45) is 0.827. The molecule has 5 amide bonds. The first-order valence-corrected chi connectivity index (χ1v) is 10.9. The minimum absolute atomic E-state index is 0.116. The quantitative estimate of drug-likeness (QED) is 0.644. The molecule has 3 aliphatic heterocycles. The first-order chi connectivity index (χ1) is 15.4. The van der Waals surface area contributed by atoms with Crippen LogP contribution in [-0.4, -0.2) is 78.5 Å². The second kappa shape index (κ2) is 9.15. The maximum atomic E-state index is 12.8. The van der Waals surface area contributed by atoms with Gasteiger partial charge in [0.05, 0.1) is 12.6 Å². The molecule has 3 aliphatic rings. The fourth-order valence-electron chi connectivity index (χ4n) is 4.59. The number of nitrogens with zero attached hydrogens (tertiary/aromatic N) is 2. The van der Waals surface area contributed by atoms with E-state index in [1.807, 2.05) is 13.0 Å². The second-order valence-corrected chi connectivity index (χ2v) is 8.23. The van der Waals surface area contributed by atoms with Crippen molar-refractivity contribution in [2.24, 2.45) is 0 Å². The highest BCUT2D eigenvalue weighted by Crippen LogP contribution is 2.31. The maximum Gasteiger partial charge on any atom is 0.317 e.